The van der Waals surface area contributed by atoms with Crippen LogP contribution in [0.1, 0.15) is 30.9 Å². The number of hydrogen-bond donors (Lipinski definition) is 0. The summed E-state index contributed by atoms with van der Waals surface area (Å²) in [5, 5.41) is 0.183. The molecular weight excluding hydrogens is 503 g/mol. The van der Waals surface area contributed by atoms with Crippen LogP contribution in [-0.4, -0.2) is 66.3 Å². The number of rotatable bonds is 12. The van der Waals surface area contributed by atoms with Crippen molar-refractivity contribution in [2.24, 2.45) is 0 Å². The van der Waals surface area contributed by atoms with E-state index in [1.54, 1.807) is 39.8 Å². The summed E-state index contributed by atoms with van der Waals surface area (Å²) in [6.45, 7) is -1.36. The summed E-state index contributed by atoms with van der Waals surface area (Å²) in [5.41, 5.74) is 0.0135. The Morgan fingerprint density at radius 3 is 2.29 bits per heavy atom. The summed E-state index contributed by atoms with van der Waals surface area (Å²) >= 11 is 0. The van der Waals surface area contributed by atoms with Gasteiger partial charge in [0.05, 0.1) is 30.7 Å². The van der Waals surface area contributed by atoms with Crippen LogP contribution >= 0.6 is 0 Å². The zero-order valence-electron chi connectivity index (χ0n) is 20.9. The van der Waals surface area contributed by atoms with Gasteiger partial charge >= 0.3 is 5.69 Å². The van der Waals surface area contributed by atoms with Gasteiger partial charge in [-0.05, 0) is 48.7 Å². The van der Waals surface area contributed by atoms with Crippen molar-refractivity contribution in [3.05, 3.63) is 68.9 Å². The predicted molar refractivity (Wildman–Crippen MR) is 136 cm³/mol. The molecule has 0 aliphatic carbocycles. The first-order chi connectivity index (χ1) is 18.5. The lowest BCUT2D eigenvalue weighted by Gasteiger charge is -2.31. The van der Waals surface area contributed by atoms with E-state index in [1.807, 2.05) is 0 Å². The standard InChI is InChI=1S/C27H30F3N3O5/c28-10-1-13-37-21-4-2-19(3-5-21)17-32-26(35)24-14-22(38-23(15-29)16-30)6-7-25(24)33(27(32)36)20-8-11-31(18-34)12-9-20/h2-7,14,18,20,23H,1,8-13,15-17H2. The minimum absolute atomic E-state index is 0.0196. The fraction of sp³-hybridized carbons (Fsp3) is 0.444. The number of hydrogen-bond acceptors (Lipinski definition) is 5. The molecule has 1 aliphatic heterocycles. The van der Waals surface area contributed by atoms with E-state index in [2.05, 4.69) is 0 Å². The van der Waals surface area contributed by atoms with Crippen LogP contribution in [0.3, 0.4) is 0 Å². The third-order valence-corrected chi connectivity index (χ3v) is 6.61. The summed E-state index contributed by atoms with van der Waals surface area (Å²) in [4.78, 5) is 40.1. The summed E-state index contributed by atoms with van der Waals surface area (Å²) in [5.74, 6) is 0.668. The van der Waals surface area contributed by atoms with Gasteiger partial charge in [0.2, 0.25) is 6.41 Å². The maximum absolute atomic E-state index is 13.7. The molecule has 0 spiro atoms. The molecule has 2 aromatic carbocycles. The van der Waals surface area contributed by atoms with Gasteiger partial charge in [-0.15, -0.1) is 0 Å². The van der Waals surface area contributed by atoms with Crippen molar-refractivity contribution in [3.63, 3.8) is 0 Å². The van der Waals surface area contributed by atoms with Crippen LogP contribution in [0, 0.1) is 0 Å². The van der Waals surface area contributed by atoms with Crippen LogP contribution in [-0.2, 0) is 11.3 Å². The second-order valence-corrected chi connectivity index (χ2v) is 9.18. The third-order valence-electron chi connectivity index (χ3n) is 6.61. The van der Waals surface area contributed by atoms with E-state index in [0.29, 0.717) is 42.8 Å². The molecule has 2 heterocycles. The number of halogens is 3. The molecule has 1 amide bonds. The molecule has 1 saturated heterocycles. The monoisotopic (exact) mass is 533 g/mol. The Hall–Kier alpha value is -3.76. The normalized spacial score (nSPS) is 14.3. The van der Waals surface area contributed by atoms with E-state index < -0.39 is 37.4 Å². The van der Waals surface area contributed by atoms with Gasteiger partial charge < -0.3 is 14.4 Å². The van der Waals surface area contributed by atoms with Gasteiger partial charge in [-0.3, -0.25) is 23.1 Å². The average molecular weight is 534 g/mol. The molecule has 3 aromatic rings. The lowest BCUT2D eigenvalue weighted by atomic mass is 10.0. The highest BCUT2D eigenvalue weighted by molar-refractivity contribution is 5.80. The van der Waals surface area contributed by atoms with Gasteiger partial charge in [-0.1, -0.05) is 12.1 Å². The third kappa shape index (κ3) is 6.03. The minimum atomic E-state index is -1.29. The SMILES string of the molecule is O=CN1CCC(n2c(=O)n(Cc3ccc(OCCCF)cc3)c(=O)c3cc(OC(CF)CF)ccc32)CC1. The zero-order valence-corrected chi connectivity index (χ0v) is 20.9. The van der Waals surface area contributed by atoms with Crippen molar-refractivity contribution in [1.82, 2.24) is 14.0 Å². The predicted octanol–water partition coefficient (Wildman–Crippen LogP) is 3.43. The highest BCUT2D eigenvalue weighted by atomic mass is 19.1. The van der Waals surface area contributed by atoms with Gasteiger partial charge in [0, 0.05) is 25.6 Å². The first kappa shape index (κ1) is 27.3. The summed E-state index contributed by atoms with van der Waals surface area (Å²) in [7, 11) is 0. The minimum Gasteiger partial charge on any atom is -0.494 e. The molecule has 11 heteroatoms. The number of piperidine rings is 1. The molecule has 0 N–H and O–H groups in total. The Balaban J connectivity index is 1.75. The molecule has 0 bridgehead atoms. The lowest BCUT2D eigenvalue weighted by Crippen LogP contribution is -2.44. The molecule has 38 heavy (non-hydrogen) atoms. The maximum Gasteiger partial charge on any atom is 0.332 e. The lowest BCUT2D eigenvalue weighted by molar-refractivity contribution is -0.119. The largest absolute Gasteiger partial charge is 0.494 e. The Morgan fingerprint density at radius 2 is 1.66 bits per heavy atom. The molecule has 8 nitrogen and oxygen atoms in total. The van der Waals surface area contributed by atoms with Crippen LogP contribution in [0.4, 0.5) is 13.2 Å². The van der Waals surface area contributed by atoms with E-state index in [-0.39, 0.29) is 36.8 Å². The topological polar surface area (TPSA) is 82.8 Å². The highest BCUT2D eigenvalue weighted by Gasteiger charge is 2.25. The van der Waals surface area contributed by atoms with E-state index >= 15 is 0 Å². The number of amides is 1. The average Bonchev–Trinajstić information content (AvgIpc) is 2.95. The number of aromatic nitrogens is 2. The summed E-state index contributed by atoms with van der Waals surface area (Å²) < 4.78 is 51.9. The first-order valence-corrected chi connectivity index (χ1v) is 12.5. The molecule has 4 rings (SSSR count). The second-order valence-electron chi connectivity index (χ2n) is 9.18. The molecule has 204 valence electrons. The number of carbonyl (C=O) groups excluding carboxylic acids is 1. The fourth-order valence-corrected chi connectivity index (χ4v) is 4.59. The number of carbonyl (C=O) groups is 1. The number of fused-ring (bicyclic) bond motifs is 1. The molecule has 1 aromatic heterocycles. The van der Waals surface area contributed by atoms with E-state index in [9.17, 15) is 27.6 Å². The number of likely N-dealkylation sites (tertiary alicyclic amines) is 1. The summed E-state index contributed by atoms with van der Waals surface area (Å²) in [6.07, 6.45) is 0.822. The van der Waals surface area contributed by atoms with Crippen molar-refractivity contribution in [2.45, 2.75) is 38.0 Å². The number of alkyl halides is 3. The molecule has 0 unspecified atom stereocenters. The number of ether oxygens (including phenoxy) is 2. The van der Waals surface area contributed by atoms with Gasteiger partial charge in [0.15, 0.2) is 6.10 Å². The van der Waals surface area contributed by atoms with Crippen LogP contribution < -0.4 is 20.7 Å². The number of nitrogens with zero attached hydrogens (tertiary/aromatic N) is 3. The Labute approximate surface area is 217 Å². The highest BCUT2D eigenvalue weighted by Crippen LogP contribution is 2.26. The van der Waals surface area contributed by atoms with Gasteiger partial charge in [0.25, 0.3) is 5.56 Å². The zero-order chi connectivity index (χ0) is 27.1. The van der Waals surface area contributed by atoms with E-state index in [0.717, 1.165) is 11.0 Å². The van der Waals surface area contributed by atoms with Crippen molar-refractivity contribution in [3.8, 4) is 11.5 Å². The van der Waals surface area contributed by atoms with E-state index in [4.69, 9.17) is 9.47 Å². The van der Waals surface area contributed by atoms with Gasteiger partial charge in [0.1, 0.15) is 24.8 Å². The molecule has 0 radical (unpaired) electrons. The summed E-state index contributed by atoms with van der Waals surface area (Å²) in [6, 6.07) is 11.0. The molecule has 1 fully saturated rings. The molecular formula is C27H30F3N3O5. The number of benzene rings is 2. The van der Waals surface area contributed by atoms with Crippen LogP contribution in [0.15, 0.2) is 52.1 Å². The smallest absolute Gasteiger partial charge is 0.332 e. The van der Waals surface area contributed by atoms with Crippen LogP contribution in [0.2, 0.25) is 0 Å². The Kier molecular flexibility index (Phi) is 9.09. The van der Waals surface area contributed by atoms with Gasteiger partial charge in [-0.2, -0.15) is 0 Å². The molecule has 1 aliphatic rings. The first-order valence-electron chi connectivity index (χ1n) is 12.5. The van der Waals surface area contributed by atoms with Crippen molar-refractivity contribution in [2.75, 3.05) is 39.7 Å². The quantitative estimate of drug-likeness (QED) is 0.263. The van der Waals surface area contributed by atoms with Crippen LogP contribution in [0.25, 0.3) is 10.9 Å². The Bertz CT molecular complexity index is 1350. The van der Waals surface area contributed by atoms with Gasteiger partial charge in [-0.25, -0.2) is 13.6 Å². The maximum atomic E-state index is 13.7. The second kappa shape index (κ2) is 12.7. The fourth-order valence-electron chi connectivity index (χ4n) is 4.59. The molecule has 0 atom stereocenters. The van der Waals surface area contributed by atoms with Crippen molar-refractivity contribution < 1.29 is 27.4 Å². The van der Waals surface area contributed by atoms with Crippen molar-refractivity contribution in [1.29, 1.82) is 0 Å². The molecule has 0 saturated carbocycles. The Morgan fingerprint density at radius 1 is 0.974 bits per heavy atom. The van der Waals surface area contributed by atoms with Crippen LogP contribution in [0.5, 0.6) is 11.5 Å². The van der Waals surface area contributed by atoms with E-state index in [1.165, 1.54) is 12.1 Å². The van der Waals surface area contributed by atoms with Crippen molar-refractivity contribution >= 4 is 17.3 Å².